The first-order valence-electron chi connectivity index (χ1n) is 11.2. The van der Waals surface area contributed by atoms with Gasteiger partial charge in [-0.15, -0.1) is 0 Å². The van der Waals surface area contributed by atoms with Gasteiger partial charge < -0.3 is 15.5 Å². The van der Waals surface area contributed by atoms with Crippen LogP contribution in [0, 0.1) is 0 Å². The fourth-order valence-corrected chi connectivity index (χ4v) is 4.86. The summed E-state index contributed by atoms with van der Waals surface area (Å²) in [6.45, 7) is 0.931. The predicted molar refractivity (Wildman–Crippen MR) is 143 cm³/mol. The number of fused-ring (bicyclic) bond motifs is 1. The fraction of sp³-hybridized carbons (Fsp3) is 0.200. The van der Waals surface area contributed by atoms with E-state index >= 15 is 0 Å². The molecule has 0 spiro atoms. The largest absolute Gasteiger partial charge is 0.341 e. The van der Waals surface area contributed by atoms with Crippen molar-refractivity contribution in [1.29, 1.82) is 0 Å². The number of nitrogens with zero attached hydrogens (tertiary/aromatic N) is 6. The number of halogens is 2. The average Bonchev–Trinajstić information content (AvgIpc) is 3.28. The van der Waals surface area contributed by atoms with Gasteiger partial charge in [0, 0.05) is 44.3 Å². The third kappa shape index (κ3) is 4.48. The van der Waals surface area contributed by atoms with Crippen LogP contribution in [0.4, 0.5) is 23.1 Å². The molecule has 36 heavy (non-hydrogen) atoms. The van der Waals surface area contributed by atoms with Crippen LogP contribution in [-0.4, -0.2) is 46.4 Å². The molecule has 2 aromatic carbocycles. The van der Waals surface area contributed by atoms with Crippen LogP contribution >= 0.6 is 23.2 Å². The second kappa shape index (κ2) is 9.77. The van der Waals surface area contributed by atoms with Crippen LogP contribution in [0.25, 0.3) is 11.1 Å². The summed E-state index contributed by atoms with van der Waals surface area (Å²) in [5, 5.41) is 11.6. The molecule has 1 aliphatic rings. The van der Waals surface area contributed by atoms with E-state index in [-0.39, 0.29) is 12.6 Å². The van der Waals surface area contributed by atoms with E-state index in [2.05, 4.69) is 31.8 Å². The number of nitrogens with one attached hydrogen (secondary N) is 2. The van der Waals surface area contributed by atoms with Crippen LogP contribution in [0.15, 0.2) is 55.0 Å². The smallest absolute Gasteiger partial charge is 0.265 e. The van der Waals surface area contributed by atoms with Crippen LogP contribution in [0.2, 0.25) is 10.0 Å². The molecule has 9 nitrogen and oxygen atoms in total. The van der Waals surface area contributed by atoms with E-state index in [0.29, 0.717) is 39.6 Å². The molecule has 3 heterocycles. The van der Waals surface area contributed by atoms with Gasteiger partial charge in [-0.3, -0.25) is 14.4 Å². The molecule has 0 saturated carbocycles. The molecule has 0 fully saturated rings. The third-order valence-corrected chi connectivity index (χ3v) is 6.52. The van der Waals surface area contributed by atoms with E-state index in [1.807, 2.05) is 50.6 Å². The van der Waals surface area contributed by atoms with Crippen molar-refractivity contribution < 1.29 is 4.79 Å². The van der Waals surface area contributed by atoms with Gasteiger partial charge in [-0.1, -0.05) is 35.3 Å². The Morgan fingerprint density at radius 2 is 1.83 bits per heavy atom. The minimum Gasteiger partial charge on any atom is -0.341 e. The van der Waals surface area contributed by atoms with Gasteiger partial charge in [-0.05, 0) is 42.4 Å². The molecule has 11 heteroatoms. The molecule has 184 valence electrons. The number of hydrogen-bond donors (Lipinski definition) is 2. The van der Waals surface area contributed by atoms with Crippen LogP contribution < -0.4 is 20.4 Å². The van der Waals surface area contributed by atoms with Gasteiger partial charge in [0.1, 0.15) is 11.4 Å². The molecule has 4 aromatic rings. The highest BCUT2D eigenvalue weighted by Crippen LogP contribution is 2.37. The van der Waals surface area contributed by atoms with E-state index in [9.17, 15) is 4.79 Å². The van der Waals surface area contributed by atoms with Gasteiger partial charge in [0.05, 0.1) is 28.6 Å². The zero-order chi connectivity index (χ0) is 25.4. The number of carbonyl (C=O) groups excluding carboxylic acids is 1. The van der Waals surface area contributed by atoms with Crippen molar-refractivity contribution in [1.82, 2.24) is 25.1 Å². The van der Waals surface area contributed by atoms with E-state index in [0.717, 1.165) is 22.4 Å². The maximum atomic E-state index is 13.3. The summed E-state index contributed by atoms with van der Waals surface area (Å²) in [5.74, 6) is 0.656. The summed E-state index contributed by atoms with van der Waals surface area (Å²) in [4.78, 5) is 25.7. The summed E-state index contributed by atoms with van der Waals surface area (Å²) in [6, 6.07) is 11.2. The van der Waals surface area contributed by atoms with Gasteiger partial charge in [0.15, 0.2) is 0 Å². The molecule has 1 aliphatic heterocycles. The molecule has 2 N–H and O–H groups in total. The van der Waals surface area contributed by atoms with E-state index < -0.39 is 0 Å². The van der Waals surface area contributed by atoms with E-state index in [1.165, 1.54) is 11.1 Å². The number of carbonyl (C=O) groups is 1. The summed E-state index contributed by atoms with van der Waals surface area (Å²) < 4.78 is 1.78. The fourth-order valence-electron chi connectivity index (χ4n) is 4.26. The lowest BCUT2D eigenvalue weighted by molar-refractivity contribution is 0.0982. The van der Waals surface area contributed by atoms with Crippen molar-refractivity contribution in [2.75, 3.05) is 35.9 Å². The standard InChI is InChI=1S/C25H24Cl2N8O/c1-28-10-15-9-17(7-8-18(15)16-11-30-34(3)13-16)31-25-29-12-19-23(32-25)33(2)14-35(24(19)36)22-20(26)5-4-6-21(22)27/h4-9,11-13,28H,10,14H2,1-3H3,(H,29,31,32). The lowest BCUT2D eigenvalue weighted by atomic mass is 10.0. The number of aromatic nitrogens is 4. The van der Waals surface area contributed by atoms with Crippen LogP contribution in [-0.2, 0) is 13.6 Å². The molecule has 0 saturated heterocycles. The minimum absolute atomic E-state index is 0.248. The van der Waals surface area contributed by atoms with Crippen molar-refractivity contribution in [2.24, 2.45) is 7.05 Å². The number of rotatable bonds is 6. The van der Waals surface area contributed by atoms with E-state index in [4.69, 9.17) is 23.2 Å². The molecule has 0 atom stereocenters. The molecule has 0 bridgehead atoms. The maximum absolute atomic E-state index is 13.3. The average molecular weight is 523 g/mol. The molecule has 1 amide bonds. The number of aryl methyl sites for hydroxylation is 1. The molecular formula is C25H24Cl2N8O. The normalized spacial score (nSPS) is 13.2. The van der Waals surface area contributed by atoms with Crippen LogP contribution in [0.3, 0.4) is 0 Å². The first kappa shape index (κ1) is 24.1. The third-order valence-electron chi connectivity index (χ3n) is 5.91. The van der Waals surface area contributed by atoms with E-state index in [1.54, 1.807) is 22.9 Å². The molecule has 2 aromatic heterocycles. The lowest BCUT2D eigenvalue weighted by Gasteiger charge is -2.35. The zero-order valence-electron chi connectivity index (χ0n) is 20.0. The Morgan fingerprint density at radius 3 is 2.53 bits per heavy atom. The Hall–Kier alpha value is -3.66. The Labute approximate surface area is 218 Å². The van der Waals surface area contributed by atoms with Gasteiger partial charge in [-0.2, -0.15) is 10.1 Å². The molecule has 0 unspecified atom stereocenters. The second-order valence-corrected chi connectivity index (χ2v) is 9.32. The second-order valence-electron chi connectivity index (χ2n) is 8.50. The number of para-hydroxylation sites is 1. The first-order valence-corrected chi connectivity index (χ1v) is 12.0. The quantitative estimate of drug-likeness (QED) is 0.379. The van der Waals surface area contributed by atoms with Crippen molar-refractivity contribution in [2.45, 2.75) is 6.54 Å². The topological polar surface area (TPSA) is 91.2 Å². The monoisotopic (exact) mass is 522 g/mol. The summed E-state index contributed by atoms with van der Waals surface area (Å²) in [6.07, 6.45) is 5.36. The first-order chi connectivity index (χ1) is 17.4. The van der Waals surface area contributed by atoms with Gasteiger partial charge in [-0.25, -0.2) is 4.98 Å². The number of hydrogen-bond acceptors (Lipinski definition) is 7. The summed E-state index contributed by atoms with van der Waals surface area (Å²) >= 11 is 12.7. The van der Waals surface area contributed by atoms with Gasteiger partial charge in [0.25, 0.3) is 5.91 Å². The maximum Gasteiger partial charge on any atom is 0.265 e. The number of benzene rings is 2. The Morgan fingerprint density at radius 1 is 1.06 bits per heavy atom. The highest BCUT2D eigenvalue weighted by Gasteiger charge is 2.32. The molecule has 5 rings (SSSR count). The number of amides is 1. The number of anilines is 4. The van der Waals surface area contributed by atoms with Gasteiger partial charge >= 0.3 is 0 Å². The van der Waals surface area contributed by atoms with Crippen LogP contribution in [0.1, 0.15) is 15.9 Å². The Kier molecular flexibility index (Phi) is 6.53. The highest BCUT2D eigenvalue weighted by molar-refractivity contribution is 6.40. The Bertz CT molecular complexity index is 1430. The van der Waals surface area contributed by atoms with Crippen molar-refractivity contribution in [3.63, 3.8) is 0 Å². The van der Waals surface area contributed by atoms with Crippen molar-refractivity contribution in [3.8, 4) is 11.1 Å². The van der Waals surface area contributed by atoms with Crippen molar-refractivity contribution in [3.05, 3.63) is 76.2 Å². The molecular weight excluding hydrogens is 499 g/mol. The summed E-state index contributed by atoms with van der Waals surface area (Å²) in [7, 11) is 5.66. The molecule has 0 aliphatic carbocycles. The van der Waals surface area contributed by atoms with Gasteiger partial charge in [0.2, 0.25) is 5.95 Å². The predicted octanol–water partition coefficient (Wildman–Crippen LogP) is 4.70. The SMILES string of the molecule is CNCc1cc(Nc2ncc3c(n2)N(C)CN(c2c(Cl)cccc2Cl)C3=O)ccc1-c1cnn(C)c1. The molecule has 0 radical (unpaired) electrons. The van der Waals surface area contributed by atoms with Crippen molar-refractivity contribution >= 4 is 52.3 Å². The Balaban J connectivity index is 1.43. The highest BCUT2D eigenvalue weighted by atomic mass is 35.5. The minimum atomic E-state index is -0.262. The summed E-state index contributed by atoms with van der Waals surface area (Å²) in [5.41, 5.74) is 4.92. The lowest BCUT2D eigenvalue weighted by Crippen LogP contribution is -2.46. The van der Waals surface area contributed by atoms with Crippen LogP contribution in [0.5, 0.6) is 0 Å². The zero-order valence-corrected chi connectivity index (χ0v) is 21.5.